The molecular formula is C15H25N3O3S. The fourth-order valence-corrected chi connectivity index (χ4v) is 3.74. The molecule has 0 radical (unpaired) electrons. The number of nitrogens with two attached hydrogens (primary N) is 1. The molecule has 1 rings (SSSR count). The van der Waals surface area contributed by atoms with Gasteiger partial charge in [0.1, 0.15) is 0 Å². The van der Waals surface area contributed by atoms with E-state index in [0.717, 1.165) is 5.56 Å². The summed E-state index contributed by atoms with van der Waals surface area (Å²) in [7, 11) is -3.71. The molecule has 7 heteroatoms. The summed E-state index contributed by atoms with van der Waals surface area (Å²) in [5.41, 5.74) is 6.38. The third-order valence-corrected chi connectivity index (χ3v) is 5.50. The molecule has 0 aromatic heterocycles. The lowest BCUT2D eigenvalue weighted by Crippen LogP contribution is -2.52. The van der Waals surface area contributed by atoms with Crippen LogP contribution in [0.5, 0.6) is 0 Å². The molecule has 1 aromatic carbocycles. The number of amides is 1. The van der Waals surface area contributed by atoms with E-state index in [9.17, 15) is 13.2 Å². The first-order valence-corrected chi connectivity index (χ1v) is 8.80. The first kappa shape index (κ1) is 18.6. The summed E-state index contributed by atoms with van der Waals surface area (Å²) >= 11 is 0. The van der Waals surface area contributed by atoms with Crippen molar-refractivity contribution >= 4 is 21.6 Å². The van der Waals surface area contributed by atoms with E-state index in [2.05, 4.69) is 10.0 Å². The summed E-state index contributed by atoms with van der Waals surface area (Å²) in [6.07, 6.45) is 1.20. The Morgan fingerprint density at radius 1 is 1.27 bits per heavy atom. The molecule has 0 atom stereocenters. The fraction of sp³-hybridized carbons (Fsp3) is 0.533. The monoisotopic (exact) mass is 327 g/mol. The highest BCUT2D eigenvalue weighted by atomic mass is 32.2. The number of benzene rings is 1. The molecule has 6 nitrogen and oxygen atoms in total. The normalized spacial score (nSPS) is 12.2. The molecule has 22 heavy (non-hydrogen) atoms. The minimum Gasteiger partial charge on any atom is -0.329 e. The van der Waals surface area contributed by atoms with Gasteiger partial charge in [-0.05, 0) is 37.5 Å². The number of nitrogens with one attached hydrogen (secondary N) is 2. The molecule has 0 aliphatic rings. The molecule has 1 aromatic rings. The summed E-state index contributed by atoms with van der Waals surface area (Å²) in [5.74, 6) is -0.246. The van der Waals surface area contributed by atoms with Crippen molar-refractivity contribution in [1.82, 2.24) is 4.72 Å². The van der Waals surface area contributed by atoms with Crippen LogP contribution in [0.3, 0.4) is 0 Å². The predicted octanol–water partition coefficient (Wildman–Crippen LogP) is 1.75. The minimum atomic E-state index is -3.71. The molecule has 0 fully saturated rings. The fourth-order valence-electron chi connectivity index (χ4n) is 2.16. The van der Waals surface area contributed by atoms with E-state index < -0.39 is 15.6 Å². The maximum absolute atomic E-state index is 12.6. The summed E-state index contributed by atoms with van der Waals surface area (Å²) in [6.45, 7) is 7.21. The molecule has 0 aliphatic carbocycles. The Hall–Kier alpha value is -1.44. The molecule has 0 saturated heterocycles. The highest BCUT2D eigenvalue weighted by Crippen LogP contribution is 2.23. The van der Waals surface area contributed by atoms with Gasteiger partial charge in [0.2, 0.25) is 15.9 Å². The number of anilines is 1. The lowest BCUT2D eigenvalue weighted by Gasteiger charge is -2.31. The van der Waals surface area contributed by atoms with Crippen molar-refractivity contribution in [3.05, 3.63) is 23.8 Å². The quantitative estimate of drug-likeness (QED) is 0.710. The van der Waals surface area contributed by atoms with Crippen molar-refractivity contribution in [3.63, 3.8) is 0 Å². The maximum Gasteiger partial charge on any atom is 0.241 e. The zero-order valence-corrected chi connectivity index (χ0v) is 14.4. The SMILES string of the molecule is CCC(CC)(CN)NS(=O)(=O)c1ccc(C)c(NC(C)=O)c1. The Morgan fingerprint density at radius 2 is 1.86 bits per heavy atom. The number of rotatable bonds is 7. The largest absolute Gasteiger partial charge is 0.329 e. The van der Waals surface area contributed by atoms with Crippen molar-refractivity contribution in [2.75, 3.05) is 11.9 Å². The smallest absolute Gasteiger partial charge is 0.241 e. The van der Waals surface area contributed by atoms with Gasteiger partial charge in [-0.2, -0.15) is 0 Å². The van der Waals surface area contributed by atoms with Crippen LogP contribution in [0.1, 0.15) is 39.2 Å². The molecule has 0 aliphatic heterocycles. The van der Waals surface area contributed by atoms with Crippen molar-refractivity contribution in [2.45, 2.75) is 51.0 Å². The summed E-state index contributed by atoms with van der Waals surface area (Å²) < 4.78 is 27.9. The number of carbonyl (C=O) groups excluding carboxylic acids is 1. The van der Waals surface area contributed by atoms with Gasteiger partial charge in [-0.1, -0.05) is 19.9 Å². The van der Waals surface area contributed by atoms with Crippen molar-refractivity contribution < 1.29 is 13.2 Å². The molecule has 4 N–H and O–H groups in total. The molecule has 0 unspecified atom stereocenters. The molecular weight excluding hydrogens is 302 g/mol. The first-order chi connectivity index (χ1) is 10.2. The Balaban J connectivity index is 3.20. The van der Waals surface area contributed by atoms with Crippen LogP contribution in [-0.2, 0) is 14.8 Å². The average Bonchev–Trinajstić information content (AvgIpc) is 2.46. The van der Waals surface area contributed by atoms with Crippen LogP contribution in [0.25, 0.3) is 0 Å². The van der Waals surface area contributed by atoms with E-state index in [1.54, 1.807) is 13.0 Å². The number of carbonyl (C=O) groups is 1. The lowest BCUT2D eigenvalue weighted by atomic mass is 9.95. The van der Waals surface area contributed by atoms with Crippen molar-refractivity contribution in [2.24, 2.45) is 5.73 Å². The molecule has 0 heterocycles. The Morgan fingerprint density at radius 3 is 2.32 bits per heavy atom. The Bertz CT molecular complexity index is 629. The zero-order valence-electron chi connectivity index (χ0n) is 13.6. The summed E-state index contributed by atoms with van der Waals surface area (Å²) in [6, 6.07) is 4.66. The van der Waals surface area contributed by atoms with Gasteiger partial charge in [0.25, 0.3) is 0 Å². The van der Waals surface area contributed by atoms with Crippen LogP contribution in [0.2, 0.25) is 0 Å². The van der Waals surface area contributed by atoms with E-state index in [1.165, 1.54) is 19.1 Å². The Labute approximate surface area is 132 Å². The zero-order chi connectivity index (χ0) is 17.0. The second-order valence-electron chi connectivity index (χ2n) is 5.45. The molecule has 0 spiro atoms. The molecule has 0 saturated carbocycles. The van der Waals surface area contributed by atoms with Crippen molar-refractivity contribution in [1.29, 1.82) is 0 Å². The highest BCUT2D eigenvalue weighted by Gasteiger charge is 2.31. The second kappa shape index (κ2) is 7.21. The Kier molecular flexibility index (Phi) is 6.10. The third-order valence-electron chi connectivity index (χ3n) is 3.93. The van der Waals surface area contributed by atoms with Crippen LogP contribution in [0.15, 0.2) is 23.1 Å². The summed E-state index contributed by atoms with van der Waals surface area (Å²) in [5, 5.41) is 2.63. The van der Waals surface area contributed by atoms with Crippen LogP contribution < -0.4 is 15.8 Å². The maximum atomic E-state index is 12.6. The lowest BCUT2D eigenvalue weighted by molar-refractivity contribution is -0.114. The van der Waals surface area contributed by atoms with Gasteiger partial charge >= 0.3 is 0 Å². The van der Waals surface area contributed by atoms with E-state index >= 15 is 0 Å². The van der Waals surface area contributed by atoms with Crippen LogP contribution in [0, 0.1) is 6.92 Å². The van der Waals surface area contributed by atoms with Gasteiger partial charge in [-0.15, -0.1) is 0 Å². The van der Waals surface area contributed by atoms with Crippen molar-refractivity contribution in [3.8, 4) is 0 Å². The molecule has 0 bridgehead atoms. The standard InChI is InChI=1S/C15H25N3O3S/c1-5-15(6-2,10-16)18-22(20,21)13-8-7-11(3)14(9-13)17-12(4)19/h7-9,18H,5-6,10,16H2,1-4H3,(H,17,19). The highest BCUT2D eigenvalue weighted by molar-refractivity contribution is 7.89. The van der Waals surface area contributed by atoms with Crippen LogP contribution in [0.4, 0.5) is 5.69 Å². The van der Waals surface area contributed by atoms with Crippen LogP contribution >= 0.6 is 0 Å². The number of hydrogen-bond acceptors (Lipinski definition) is 4. The molecule has 1 amide bonds. The topological polar surface area (TPSA) is 101 Å². The van der Waals surface area contributed by atoms with E-state index in [-0.39, 0.29) is 17.3 Å². The van der Waals surface area contributed by atoms with E-state index in [0.29, 0.717) is 18.5 Å². The predicted molar refractivity (Wildman–Crippen MR) is 88.2 cm³/mol. The van der Waals surface area contributed by atoms with E-state index in [1.807, 2.05) is 13.8 Å². The van der Waals surface area contributed by atoms with Gasteiger partial charge in [-0.3, -0.25) is 4.79 Å². The second-order valence-corrected chi connectivity index (χ2v) is 7.14. The average molecular weight is 327 g/mol. The summed E-state index contributed by atoms with van der Waals surface area (Å²) in [4.78, 5) is 11.3. The van der Waals surface area contributed by atoms with Gasteiger partial charge in [0.05, 0.1) is 4.90 Å². The number of sulfonamides is 1. The number of hydrogen-bond donors (Lipinski definition) is 3. The van der Waals surface area contributed by atoms with Gasteiger partial charge in [0.15, 0.2) is 0 Å². The third kappa shape index (κ3) is 4.28. The van der Waals surface area contributed by atoms with Gasteiger partial charge in [-0.25, -0.2) is 13.1 Å². The molecule has 124 valence electrons. The van der Waals surface area contributed by atoms with Gasteiger partial charge in [0, 0.05) is 24.7 Å². The van der Waals surface area contributed by atoms with Crippen LogP contribution in [-0.4, -0.2) is 26.4 Å². The number of aryl methyl sites for hydroxylation is 1. The first-order valence-electron chi connectivity index (χ1n) is 7.32. The van der Waals surface area contributed by atoms with Gasteiger partial charge < -0.3 is 11.1 Å². The minimum absolute atomic E-state index is 0.113. The van der Waals surface area contributed by atoms with E-state index in [4.69, 9.17) is 5.73 Å².